The summed E-state index contributed by atoms with van der Waals surface area (Å²) in [6.07, 6.45) is 5.11. The van der Waals surface area contributed by atoms with Crippen LogP contribution in [0.15, 0.2) is 34.2 Å². The van der Waals surface area contributed by atoms with E-state index in [1.165, 1.54) is 11.6 Å². The van der Waals surface area contributed by atoms with E-state index >= 15 is 0 Å². The molecule has 12 heteroatoms. The number of aromatic hydroxyl groups is 1. The molecule has 31 heavy (non-hydrogen) atoms. The molecule has 4 N–H and O–H groups in total. The number of rotatable bonds is 5. The van der Waals surface area contributed by atoms with Gasteiger partial charge in [0.2, 0.25) is 11.8 Å². The quantitative estimate of drug-likeness (QED) is 0.360. The molecule has 5 rings (SSSR count). The SMILES string of the molecule is COc1cccc(Nc2nc(=NC3CC3)n3ncc(=Cc4[nH]c(=O)[nH]c4O)c3n2)c1Cl. The fourth-order valence-electron chi connectivity index (χ4n) is 3.02. The van der Waals surface area contributed by atoms with Crippen molar-refractivity contribution in [3.8, 4) is 11.6 Å². The Labute approximate surface area is 179 Å². The molecule has 0 amide bonds. The number of fused-ring (bicyclic) bond motifs is 1. The molecular weight excluding hydrogens is 424 g/mol. The summed E-state index contributed by atoms with van der Waals surface area (Å²) in [6.45, 7) is 0. The maximum absolute atomic E-state index is 11.4. The Hall–Kier alpha value is -3.86. The zero-order valence-corrected chi connectivity index (χ0v) is 17.0. The van der Waals surface area contributed by atoms with E-state index < -0.39 is 5.69 Å². The average molecular weight is 441 g/mol. The number of imidazole rings is 1. The molecule has 0 unspecified atom stereocenters. The highest BCUT2D eigenvalue weighted by Gasteiger charge is 2.21. The normalized spacial score (nSPS) is 15.0. The van der Waals surface area contributed by atoms with Gasteiger partial charge in [-0.05, 0) is 31.1 Å². The van der Waals surface area contributed by atoms with Crippen LogP contribution >= 0.6 is 11.6 Å². The van der Waals surface area contributed by atoms with Gasteiger partial charge < -0.3 is 20.1 Å². The minimum atomic E-state index is -0.519. The zero-order chi connectivity index (χ0) is 21.5. The molecule has 0 radical (unpaired) electrons. The number of nitrogens with zero attached hydrogens (tertiary/aromatic N) is 5. The van der Waals surface area contributed by atoms with E-state index in [-0.39, 0.29) is 23.6 Å². The van der Waals surface area contributed by atoms with Crippen LogP contribution in [-0.4, -0.2) is 47.8 Å². The van der Waals surface area contributed by atoms with Crippen molar-refractivity contribution in [1.29, 1.82) is 0 Å². The molecule has 0 saturated heterocycles. The second-order valence-electron chi connectivity index (χ2n) is 6.98. The van der Waals surface area contributed by atoms with Gasteiger partial charge in [-0.2, -0.15) is 19.6 Å². The van der Waals surface area contributed by atoms with Crippen molar-refractivity contribution in [2.45, 2.75) is 18.9 Å². The Morgan fingerprint density at radius 3 is 2.90 bits per heavy atom. The van der Waals surface area contributed by atoms with E-state index in [1.807, 2.05) is 0 Å². The molecule has 3 heterocycles. The summed E-state index contributed by atoms with van der Waals surface area (Å²) < 4.78 is 6.78. The summed E-state index contributed by atoms with van der Waals surface area (Å²) in [7, 11) is 1.54. The molecule has 158 valence electrons. The largest absolute Gasteiger partial charge is 0.495 e. The fraction of sp³-hybridized carbons (Fsp3) is 0.211. The van der Waals surface area contributed by atoms with Gasteiger partial charge in [0.1, 0.15) is 16.5 Å². The van der Waals surface area contributed by atoms with E-state index in [0.29, 0.717) is 32.9 Å². The molecule has 0 atom stereocenters. The van der Waals surface area contributed by atoms with E-state index in [2.05, 4.69) is 35.3 Å². The van der Waals surface area contributed by atoms with E-state index in [1.54, 1.807) is 30.5 Å². The van der Waals surface area contributed by atoms with Crippen LogP contribution in [-0.2, 0) is 0 Å². The first-order valence-electron chi connectivity index (χ1n) is 9.44. The molecule has 0 bridgehead atoms. The number of anilines is 2. The predicted octanol–water partition coefficient (Wildman–Crippen LogP) is 0.863. The first-order valence-corrected chi connectivity index (χ1v) is 9.82. The standard InChI is InChI=1S/C19H17ClN8O3/c1-31-13-4-2-3-11(14(13)20)23-17-25-15-9(7-12-16(29)26-19(30)24-12)8-21-28(15)18(27-17)22-10-5-6-10/h2-4,7-8,10,29H,5-6H2,1H3,(H,22,23,27)(H2,24,26,30). The minimum absolute atomic E-state index is 0.202. The first kappa shape index (κ1) is 19.1. The van der Waals surface area contributed by atoms with Gasteiger partial charge in [-0.25, -0.2) is 9.79 Å². The van der Waals surface area contributed by atoms with E-state index in [9.17, 15) is 9.90 Å². The van der Waals surface area contributed by atoms with Gasteiger partial charge in [-0.3, -0.25) is 4.98 Å². The molecule has 0 aliphatic heterocycles. The van der Waals surface area contributed by atoms with Crippen LogP contribution in [0.2, 0.25) is 5.02 Å². The third-order valence-corrected chi connectivity index (χ3v) is 5.08. The van der Waals surface area contributed by atoms with Gasteiger partial charge in [0.15, 0.2) is 5.65 Å². The average Bonchev–Trinajstić information content (AvgIpc) is 3.38. The third-order valence-electron chi connectivity index (χ3n) is 4.69. The molecule has 0 spiro atoms. The number of hydrogen-bond acceptors (Lipinski definition) is 8. The molecule has 1 aromatic carbocycles. The lowest BCUT2D eigenvalue weighted by Crippen LogP contribution is -2.24. The predicted molar refractivity (Wildman–Crippen MR) is 113 cm³/mol. The van der Waals surface area contributed by atoms with Gasteiger partial charge in [0.25, 0.3) is 5.62 Å². The van der Waals surface area contributed by atoms with E-state index in [4.69, 9.17) is 16.3 Å². The Morgan fingerprint density at radius 2 is 2.19 bits per heavy atom. The summed E-state index contributed by atoms with van der Waals surface area (Å²) in [5.74, 6) is 0.507. The lowest BCUT2D eigenvalue weighted by molar-refractivity contribution is 0.415. The molecule has 1 fully saturated rings. The number of ether oxygens (including phenoxy) is 1. The Kier molecular flexibility index (Phi) is 4.59. The van der Waals surface area contributed by atoms with Gasteiger partial charge in [-0.15, -0.1) is 0 Å². The molecule has 4 aromatic rings. The Balaban J connectivity index is 1.68. The molecule has 1 aliphatic carbocycles. The summed E-state index contributed by atoms with van der Waals surface area (Å²) in [5, 5.41) is 18.3. The number of halogens is 1. The summed E-state index contributed by atoms with van der Waals surface area (Å²) in [5.41, 5.74) is 1.09. The molecule has 3 aromatic heterocycles. The van der Waals surface area contributed by atoms with Gasteiger partial charge in [-0.1, -0.05) is 17.7 Å². The van der Waals surface area contributed by atoms with Crippen LogP contribution in [0, 0.1) is 0 Å². The number of methoxy groups -OCH3 is 1. The van der Waals surface area contributed by atoms with Gasteiger partial charge >= 0.3 is 5.69 Å². The Bertz CT molecular complexity index is 1470. The van der Waals surface area contributed by atoms with Crippen molar-refractivity contribution < 1.29 is 9.84 Å². The molecule has 1 aliphatic rings. The van der Waals surface area contributed by atoms with Crippen molar-refractivity contribution in [2.75, 3.05) is 12.4 Å². The molecule has 11 nitrogen and oxygen atoms in total. The van der Waals surface area contributed by atoms with Gasteiger partial charge in [0, 0.05) is 5.22 Å². The zero-order valence-electron chi connectivity index (χ0n) is 16.3. The fourth-order valence-corrected chi connectivity index (χ4v) is 3.27. The second kappa shape index (κ2) is 7.43. The Morgan fingerprint density at radius 1 is 1.35 bits per heavy atom. The second-order valence-corrected chi connectivity index (χ2v) is 7.35. The smallest absolute Gasteiger partial charge is 0.326 e. The summed E-state index contributed by atoms with van der Waals surface area (Å²) in [6, 6.07) is 5.53. The third kappa shape index (κ3) is 3.70. The van der Waals surface area contributed by atoms with Crippen LogP contribution in [0.5, 0.6) is 11.6 Å². The lowest BCUT2D eigenvalue weighted by Gasteiger charge is -2.10. The van der Waals surface area contributed by atoms with Crippen LogP contribution in [0.25, 0.3) is 11.7 Å². The highest BCUT2D eigenvalue weighted by atomic mass is 35.5. The van der Waals surface area contributed by atoms with Crippen molar-refractivity contribution in [3.63, 3.8) is 0 Å². The van der Waals surface area contributed by atoms with Crippen LogP contribution < -0.4 is 26.6 Å². The van der Waals surface area contributed by atoms with E-state index in [0.717, 1.165) is 12.8 Å². The van der Waals surface area contributed by atoms with Gasteiger partial charge in [0.05, 0.1) is 25.0 Å². The van der Waals surface area contributed by atoms with Crippen molar-refractivity contribution in [2.24, 2.45) is 4.99 Å². The molecule has 1 saturated carbocycles. The number of aromatic amines is 2. The van der Waals surface area contributed by atoms with Crippen LogP contribution in [0.1, 0.15) is 18.5 Å². The highest BCUT2D eigenvalue weighted by Crippen LogP contribution is 2.32. The topological polar surface area (TPSA) is 146 Å². The number of benzene rings is 1. The van der Waals surface area contributed by atoms with Crippen LogP contribution in [0.3, 0.4) is 0 Å². The molecular formula is C19H17ClN8O3. The highest BCUT2D eigenvalue weighted by molar-refractivity contribution is 6.34. The number of hydrogen-bond donors (Lipinski definition) is 4. The van der Waals surface area contributed by atoms with Crippen LogP contribution in [0.4, 0.5) is 11.6 Å². The van der Waals surface area contributed by atoms with Crippen molar-refractivity contribution in [3.05, 3.63) is 56.4 Å². The van der Waals surface area contributed by atoms with Crippen molar-refractivity contribution in [1.82, 2.24) is 29.5 Å². The maximum atomic E-state index is 11.4. The van der Waals surface area contributed by atoms with Crippen molar-refractivity contribution >= 4 is 35.0 Å². The summed E-state index contributed by atoms with van der Waals surface area (Å²) in [4.78, 5) is 29.9. The maximum Gasteiger partial charge on any atom is 0.326 e. The number of H-pyrrole nitrogens is 2. The lowest BCUT2D eigenvalue weighted by atomic mass is 10.3. The number of aromatic nitrogens is 6. The first-order chi connectivity index (χ1) is 15.0. The minimum Gasteiger partial charge on any atom is -0.495 e. The monoisotopic (exact) mass is 440 g/mol. The summed E-state index contributed by atoms with van der Waals surface area (Å²) >= 11 is 6.39. The number of nitrogens with one attached hydrogen (secondary N) is 3.